The van der Waals surface area contributed by atoms with Crippen molar-refractivity contribution in [2.45, 2.75) is 19.4 Å². The third kappa shape index (κ3) is 3.29. The number of hydrogen-bond donors (Lipinski definition) is 2. The van der Waals surface area contributed by atoms with Crippen molar-refractivity contribution < 1.29 is 14.6 Å². The minimum Gasteiger partial charge on any atom is -0.369 e. The molecule has 1 heterocycles. The molecule has 1 fully saturated rings. The molecule has 0 radical (unpaired) electrons. The molecule has 6 heteroatoms. The number of likely N-dealkylation sites (tertiary alicyclic amines) is 1. The molecule has 3 N–H and O–H groups in total. The predicted molar refractivity (Wildman–Crippen MR) is 69.4 cm³/mol. The van der Waals surface area contributed by atoms with E-state index in [0.29, 0.717) is 18.7 Å². The molecule has 6 nitrogen and oxygen atoms in total. The molecule has 2 rings (SSSR count). The van der Waals surface area contributed by atoms with Crippen LogP contribution in [0.5, 0.6) is 0 Å². The Kier molecular flexibility index (Phi) is 4.11. The number of nitro groups is 1. The van der Waals surface area contributed by atoms with Gasteiger partial charge in [0, 0.05) is 6.07 Å². The van der Waals surface area contributed by atoms with Crippen molar-refractivity contribution in [1.82, 2.24) is 0 Å². The second kappa shape index (κ2) is 5.79. The van der Waals surface area contributed by atoms with Gasteiger partial charge in [0.15, 0.2) is 0 Å². The van der Waals surface area contributed by atoms with E-state index >= 15 is 0 Å². The Balaban J connectivity index is 2.09. The highest BCUT2D eigenvalue weighted by atomic mass is 16.6. The molecular weight excluding hydrogens is 246 g/mol. The summed E-state index contributed by atoms with van der Waals surface area (Å²) in [5.74, 6) is -0.369. The number of amides is 1. The number of rotatable bonds is 4. The molecule has 2 atom stereocenters. The molecule has 1 aliphatic rings. The molecule has 1 unspecified atom stereocenters. The van der Waals surface area contributed by atoms with Gasteiger partial charge in [0.25, 0.3) is 5.69 Å². The lowest BCUT2D eigenvalue weighted by Crippen LogP contribution is -3.12. The van der Waals surface area contributed by atoms with Crippen LogP contribution in [-0.2, 0) is 11.3 Å². The van der Waals surface area contributed by atoms with Crippen molar-refractivity contribution in [1.29, 1.82) is 0 Å². The molecule has 1 aliphatic heterocycles. The second-order valence-electron chi connectivity index (χ2n) is 5.01. The third-order valence-corrected chi connectivity index (χ3v) is 3.65. The maximum atomic E-state index is 11.2. The summed E-state index contributed by atoms with van der Waals surface area (Å²) in [5.41, 5.74) is 6.21. The van der Waals surface area contributed by atoms with Gasteiger partial charge in [-0.05, 0) is 18.9 Å². The van der Waals surface area contributed by atoms with E-state index in [1.54, 1.807) is 18.2 Å². The van der Waals surface area contributed by atoms with Crippen LogP contribution in [0.4, 0.5) is 5.69 Å². The predicted octanol–water partition coefficient (Wildman–Crippen LogP) is -0.125. The number of nitrogens with zero attached hydrogens (tertiary/aromatic N) is 1. The fraction of sp³-hybridized carbons (Fsp3) is 0.462. The van der Waals surface area contributed by atoms with E-state index in [1.165, 1.54) is 11.0 Å². The first-order chi connectivity index (χ1) is 9.08. The minimum absolute atomic E-state index is 0.105. The van der Waals surface area contributed by atoms with Gasteiger partial charge in [0.1, 0.15) is 6.54 Å². The summed E-state index contributed by atoms with van der Waals surface area (Å²) in [7, 11) is 0. The number of quaternary nitrogens is 1. The van der Waals surface area contributed by atoms with E-state index < -0.39 is 0 Å². The van der Waals surface area contributed by atoms with Gasteiger partial charge in [-0.3, -0.25) is 14.9 Å². The van der Waals surface area contributed by atoms with E-state index in [9.17, 15) is 14.9 Å². The van der Waals surface area contributed by atoms with E-state index in [1.807, 2.05) is 0 Å². The Hall–Kier alpha value is -1.95. The summed E-state index contributed by atoms with van der Waals surface area (Å²) >= 11 is 0. The molecule has 0 aliphatic carbocycles. The maximum Gasteiger partial charge on any atom is 0.278 e. The van der Waals surface area contributed by atoms with Gasteiger partial charge in [0.05, 0.1) is 29.5 Å². The van der Waals surface area contributed by atoms with Crippen molar-refractivity contribution in [2.75, 3.05) is 13.1 Å². The number of nitro benzene ring substituents is 1. The van der Waals surface area contributed by atoms with Crippen LogP contribution in [0.3, 0.4) is 0 Å². The van der Waals surface area contributed by atoms with Crippen molar-refractivity contribution in [3.8, 4) is 0 Å². The quantitative estimate of drug-likeness (QED) is 0.586. The fourth-order valence-electron chi connectivity index (χ4n) is 2.66. The summed E-state index contributed by atoms with van der Waals surface area (Å²) in [6.45, 7) is 2.16. The molecule has 0 saturated carbocycles. The normalized spacial score (nSPS) is 22.9. The highest BCUT2D eigenvalue weighted by molar-refractivity contribution is 5.76. The number of carbonyl (C=O) groups is 1. The third-order valence-electron chi connectivity index (χ3n) is 3.65. The SMILES string of the molecule is NC(=O)[C@H]1CCC[NH+](Cc2ccccc2[N+](=O)[O-])C1. The molecule has 1 amide bonds. The van der Waals surface area contributed by atoms with Gasteiger partial charge in [-0.2, -0.15) is 0 Å². The molecule has 1 aromatic carbocycles. The van der Waals surface area contributed by atoms with Crippen LogP contribution in [0.1, 0.15) is 18.4 Å². The highest BCUT2D eigenvalue weighted by Gasteiger charge is 2.28. The van der Waals surface area contributed by atoms with Gasteiger partial charge in [-0.25, -0.2) is 0 Å². The first-order valence-corrected chi connectivity index (χ1v) is 6.43. The van der Waals surface area contributed by atoms with Crippen LogP contribution in [0, 0.1) is 16.0 Å². The number of nitrogens with two attached hydrogens (primary N) is 1. The summed E-state index contributed by atoms with van der Waals surface area (Å²) in [5, 5.41) is 11.0. The summed E-state index contributed by atoms with van der Waals surface area (Å²) in [4.78, 5) is 23.0. The number of nitrogens with one attached hydrogen (secondary N) is 1. The van der Waals surface area contributed by atoms with Gasteiger partial charge in [-0.1, -0.05) is 12.1 Å². The molecule has 1 saturated heterocycles. The number of hydrogen-bond acceptors (Lipinski definition) is 3. The number of piperidine rings is 1. The Labute approximate surface area is 111 Å². The smallest absolute Gasteiger partial charge is 0.278 e. The maximum absolute atomic E-state index is 11.2. The van der Waals surface area contributed by atoms with Crippen molar-refractivity contribution in [3.63, 3.8) is 0 Å². The molecule has 1 aromatic rings. The van der Waals surface area contributed by atoms with Crippen molar-refractivity contribution >= 4 is 11.6 Å². The molecular formula is C13H18N3O3+. The standard InChI is InChI=1S/C13H17N3O3/c14-13(17)11-5-3-7-15(9-11)8-10-4-1-2-6-12(10)16(18)19/h1-2,4,6,11H,3,5,7-9H2,(H2,14,17)/p+1/t11-/m0/s1. The van der Waals surface area contributed by atoms with Crippen LogP contribution in [-0.4, -0.2) is 23.9 Å². The zero-order valence-corrected chi connectivity index (χ0v) is 10.7. The van der Waals surface area contributed by atoms with Crippen molar-refractivity contribution in [2.24, 2.45) is 11.7 Å². The van der Waals surface area contributed by atoms with Gasteiger partial charge >= 0.3 is 0 Å². The van der Waals surface area contributed by atoms with Crippen LogP contribution < -0.4 is 10.6 Å². The van der Waals surface area contributed by atoms with Crippen LogP contribution in [0.2, 0.25) is 0 Å². The Morgan fingerprint density at radius 1 is 1.47 bits per heavy atom. The number of primary amides is 1. The average Bonchev–Trinajstić information content (AvgIpc) is 2.39. The molecule has 0 spiro atoms. The number of benzene rings is 1. The Bertz CT molecular complexity index is 490. The first kappa shape index (κ1) is 13.5. The van der Waals surface area contributed by atoms with Gasteiger partial charge < -0.3 is 10.6 Å². The van der Waals surface area contributed by atoms with Crippen LogP contribution >= 0.6 is 0 Å². The summed E-state index contributed by atoms with van der Waals surface area (Å²) in [6, 6.07) is 6.76. The zero-order chi connectivity index (χ0) is 13.8. The van der Waals surface area contributed by atoms with E-state index in [2.05, 4.69) is 0 Å². The summed E-state index contributed by atoms with van der Waals surface area (Å²) in [6.07, 6.45) is 1.76. The number of carbonyl (C=O) groups excluding carboxylic acids is 1. The van der Waals surface area contributed by atoms with Crippen molar-refractivity contribution in [3.05, 3.63) is 39.9 Å². The van der Waals surface area contributed by atoms with Crippen LogP contribution in [0.15, 0.2) is 24.3 Å². The van der Waals surface area contributed by atoms with Gasteiger partial charge in [0.2, 0.25) is 5.91 Å². The zero-order valence-electron chi connectivity index (χ0n) is 10.7. The first-order valence-electron chi connectivity index (χ1n) is 6.43. The molecule has 0 bridgehead atoms. The van der Waals surface area contributed by atoms with Crippen LogP contribution in [0.25, 0.3) is 0 Å². The topological polar surface area (TPSA) is 90.7 Å². The Morgan fingerprint density at radius 3 is 2.89 bits per heavy atom. The van der Waals surface area contributed by atoms with E-state index in [4.69, 9.17) is 5.73 Å². The lowest BCUT2D eigenvalue weighted by molar-refractivity contribution is -0.921. The monoisotopic (exact) mass is 264 g/mol. The largest absolute Gasteiger partial charge is 0.369 e. The lowest BCUT2D eigenvalue weighted by Gasteiger charge is -2.28. The van der Waals surface area contributed by atoms with E-state index in [-0.39, 0.29) is 22.4 Å². The van der Waals surface area contributed by atoms with Gasteiger partial charge in [-0.15, -0.1) is 0 Å². The molecule has 0 aromatic heterocycles. The van der Waals surface area contributed by atoms with E-state index in [0.717, 1.165) is 19.4 Å². The molecule has 19 heavy (non-hydrogen) atoms. The summed E-state index contributed by atoms with van der Waals surface area (Å²) < 4.78 is 0. The second-order valence-corrected chi connectivity index (χ2v) is 5.01. The Morgan fingerprint density at radius 2 is 2.21 bits per heavy atom. The molecule has 102 valence electrons. The highest BCUT2D eigenvalue weighted by Crippen LogP contribution is 2.17. The number of para-hydroxylation sites is 1. The minimum atomic E-state index is -0.357. The average molecular weight is 264 g/mol. The lowest BCUT2D eigenvalue weighted by atomic mass is 9.97. The fourth-order valence-corrected chi connectivity index (χ4v) is 2.66.